The molecule has 27 heavy (non-hydrogen) atoms. The molecule has 0 atom stereocenters. The fraction of sp³-hybridized carbons (Fsp3) is 0.211. The second-order valence-electron chi connectivity index (χ2n) is 6.23. The molecule has 2 aromatic heterocycles. The van der Waals surface area contributed by atoms with E-state index in [1.807, 2.05) is 31.2 Å². The third-order valence-corrected chi connectivity index (χ3v) is 5.42. The highest BCUT2D eigenvalue weighted by molar-refractivity contribution is 7.17. The molecule has 1 saturated heterocycles. The summed E-state index contributed by atoms with van der Waals surface area (Å²) in [4.78, 5) is 31.0. The van der Waals surface area contributed by atoms with Crippen molar-refractivity contribution in [1.29, 1.82) is 0 Å². The number of nitrogens with zero attached hydrogens (tertiary/aromatic N) is 2. The van der Waals surface area contributed by atoms with Crippen LogP contribution in [-0.4, -0.2) is 30.0 Å². The number of anilines is 2. The minimum absolute atomic E-state index is 0.104. The summed E-state index contributed by atoms with van der Waals surface area (Å²) in [6.45, 7) is 4.95. The molecule has 2 N–H and O–H groups in total. The van der Waals surface area contributed by atoms with Crippen LogP contribution in [0, 0.1) is 13.8 Å². The van der Waals surface area contributed by atoms with E-state index in [1.165, 1.54) is 11.3 Å². The highest BCUT2D eigenvalue weighted by Crippen LogP contribution is 2.30. The standard InChI is InChI=1S/C19H18N4O3S/c1-11-3-8-15(26-11)18-21-12(2)16(27-18)17(24)22-13-4-6-14(7-5-13)23-10-9-20-19(23)25/h3-8H,9-10H2,1-2H3,(H,20,25)(H,22,24). The summed E-state index contributed by atoms with van der Waals surface area (Å²) in [5, 5.41) is 6.33. The lowest BCUT2D eigenvalue weighted by Gasteiger charge is -2.14. The first-order valence-corrected chi connectivity index (χ1v) is 9.34. The minimum atomic E-state index is -0.216. The number of carbonyl (C=O) groups is 2. The molecule has 1 fully saturated rings. The first-order chi connectivity index (χ1) is 13.0. The van der Waals surface area contributed by atoms with E-state index in [0.717, 1.165) is 11.4 Å². The summed E-state index contributed by atoms with van der Waals surface area (Å²) in [5.74, 6) is 1.25. The molecular formula is C19H18N4O3S. The molecule has 3 heterocycles. The van der Waals surface area contributed by atoms with Gasteiger partial charge in [-0.1, -0.05) is 0 Å². The summed E-state index contributed by atoms with van der Waals surface area (Å²) < 4.78 is 5.59. The van der Waals surface area contributed by atoms with Gasteiger partial charge in [-0.25, -0.2) is 9.78 Å². The summed E-state index contributed by atoms with van der Waals surface area (Å²) in [6, 6.07) is 10.8. The van der Waals surface area contributed by atoms with Crippen molar-refractivity contribution < 1.29 is 14.0 Å². The molecule has 3 aromatic rings. The highest BCUT2D eigenvalue weighted by Gasteiger charge is 2.21. The SMILES string of the molecule is Cc1ccc(-c2nc(C)c(C(=O)Nc3ccc(N4CCNC4=O)cc3)s2)o1. The van der Waals surface area contributed by atoms with Crippen molar-refractivity contribution in [3.05, 3.63) is 52.7 Å². The number of nitrogens with one attached hydrogen (secondary N) is 2. The molecule has 138 valence electrons. The smallest absolute Gasteiger partial charge is 0.321 e. The van der Waals surface area contributed by atoms with Gasteiger partial charge in [-0.3, -0.25) is 9.69 Å². The van der Waals surface area contributed by atoms with E-state index in [2.05, 4.69) is 15.6 Å². The quantitative estimate of drug-likeness (QED) is 0.718. The second-order valence-corrected chi connectivity index (χ2v) is 7.23. The number of urea groups is 1. The average molecular weight is 382 g/mol. The zero-order chi connectivity index (χ0) is 19.0. The van der Waals surface area contributed by atoms with Crippen LogP contribution < -0.4 is 15.5 Å². The van der Waals surface area contributed by atoms with Crippen LogP contribution in [-0.2, 0) is 0 Å². The Labute approximate surface area is 160 Å². The Morgan fingerprint density at radius 2 is 2.00 bits per heavy atom. The number of furan rings is 1. The summed E-state index contributed by atoms with van der Waals surface area (Å²) in [6.07, 6.45) is 0. The molecule has 0 aliphatic carbocycles. The Balaban J connectivity index is 1.49. The van der Waals surface area contributed by atoms with E-state index in [-0.39, 0.29) is 11.9 Å². The first-order valence-electron chi connectivity index (χ1n) is 8.52. The Morgan fingerprint density at radius 3 is 2.63 bits per heavy atom. The third-order valence-electron chi connectivity index (χ3n) is 4.25. The number of thiazole rings is 1. The summed E-state index contributed by atoms with van der Waals surface area (Å²) >= 11 is 1.30. The van der Waals surface area contributed by atoms with Crippen LogP contribution in [0.1, 0.15) is 21.1 Å². The largest absolute Gasteiger partial charge is 0.459 e. The molecule has 0 radical (unpaired) electrons. The van der Waals surface area contributed by atoms with Gasteiger partial charge in [0.2, 0.25) is 0 Å². The van der Waals surface area contributed by atoms with Gasteiger partial charge in [0.25, 0.3) is 5.91 Å². The predicted molar refractivity (Wildman–Crippen MR) is 104 cm³/mol. The zero-order valence-electron chi connectivity index (χ0n) is 14.9. The zero-order valence-corrected chi connectivity index (χ0v) is 15.7. The average Bonchev–Trinajstić information content (AvgIpc) is 3.36. The first kappa shape index (κ1) is 17.3. The lowest BCUT2D eigenvalue weighted by molar-refractivity contribution is 0.103. The fourth-order valence-electron chi connectivity index (χ4n) is 2.89. The molecule has 0 bridgehead atoms. The molecule has 8 heteroatoms. The number of aromatic nitrogens is 1. The lowest BCUT2D eigenvalue weighted by Crippen LogP contribution is -2.27. The number of hydrogen-bond acceptors (Lipinski definition) is 5. The van der Waals surface area contributed by atoms with Crippen LogP contribution in [0.3, 0.4) is 0 Å². The van der Waals surface area contributed by atoms with Crippen molar-refractivity contribution in [2.45, 2.75) is 13.8 Å². The number of benzene rings is 1. The Kier molecular flexibility index (Phi) is 4.41. The van der Waals surface area contributed by atoms with Crippen LogP contribution in [0.25, 0.3) is 10.8 Å². The van der Waals surface area contributed by atoms with Crippen LogP contribution in [0.4, 0.5) is 16.2 Å². The maximum absolute atomic E-state index is 12.6. The van der Waals surface area contributed by atoms with E-state index in [9.17, 15) is 9.59 Å². The van der Waals surface area contributed by atoms with Crippen molar-refractivity contribution in [3.8, 4) is 10.8 Å². The van der Waals surface area contributed by atoms with Crippen LogP contribution in [0.2, 0.25) is 0 Å². The van der Waals surface area contributed by atoms with Crippen LogP contribution in [0.15, 0.2) is 40.8 Å². The van der Waals surface area contributed by atoms with Crippen LogP contribution in [0.5, 0.6) is 0 Å². The normalized spacial score (nSPS) is 13.7. The number of hydrogen-bond donors (Lipinski definition) is 2. The Morgan fingerprint density at radius 1 is 1.22 bits per heavy atom. The molecule has 0 spiro atoms. The van der Waals surface area contributed by atoms with E-state index >= 15 is 0 Å². The van der Waals surface area contributed by atoms with Crippen molar-refractivity contribution in [1.82, 2.24) is 10.3 Å². The molecule has 1 aliphatic rings. The van der Waals surface area contributed by atoms with Crippen molar-refractivity contribution in [2.24, 2.45) is 0 Å². The van der Waals surface area contributed by atoms with Gasteiger partial charge in [0.15, 0.2) is 10.8 Å². The molecule has 0 unspecified atom stereocenters. The van der Waals surface area contributed by atoms with Crippen molar-refractivity contribution in [2.75, 3.05) is 23.3 Å². The van der Waals surface area contributed by atoms with E-state index in [4.69, 9.17) is 4.42 Å². The third kappa shape index (κ3) is 3.43. The topological polar surface area (TPSA) is 87.5 Å². The van der Waals surface area contributed by atoms with Crippen LogP contribution >= 0.6 is 11.3 Å². The number of carbonyl (C=O) groups excluding carboxylic acids is 2. The van der Waals surface area contributed by atoms with Gasteiger partial charge >= 0.3 is 6.03 Å². The van der Waals surface area contributed by atoms with Crippen molar-refractivity contribution in [3.63, 3.8) is 0 Å². The maximum atomic E-state index is 12.6. The van der Waals surface area contributed by atoms with E-state index in [0.29, 0.717) is 40.1 Å². The monoisotopic (exact) mass is 382 g/mol. The van der Waals surface area contributed by atoms with E-state index in [1.54, 1.807) is 24.0 Å². The minimum Gasteiger partial charge on any atom is -0.459 e. The summed E-state index contributed by atoms with van der Waals surface area (Å²) in [7, 11) is 0. The van der Waals surface area contributed by atoms with Gasteiger partial charge in [-0.15, -0.1) is 11.3 Å². The number of rotatable bonds is 4. The highest BCUT2D eigenvalue weighted by atomic mass is 32.1. The van der Waals surface area contributed by atoms with Gasteiger partial charge in [0.05, 0.1) is 5.69 Å². The van der Waals surface area contributed by atoms with Gasteiger partial charge < -0.3 is 15.1 Å². The Bertz CT molecular complexity index is 1010. The molecule has 0 saturated carbocycles. The molecule has 1 aromatic carbocycles. The lowest BCUT2D eigenvalue weighted by atomic mass is 10.2. The van der Waals surface area contributed by atoms with E-state index < -0.39 is 0 Å². The fourth-order valence-corrected chi connectivity index (χ4v) is 3.82. The molecule has 1 aliphatic heterocycles. The second kappa shape index (κ2) is 6.88. The molecular weight excluding hydrogens is 364 g/mol. The maximum Gasteiger partial charge on any atom is 0.321 e. The number of aryl methyl sites for hydroxylation is 2. The Hall–Kier alpha value is -3.13. The molecule has 4 rings (SSSR count). The van der Waals surface area contributed by atoms with Gasteiger partial charge in [-0.2, -0.15) is 0 Å². The predicted octanol–water partition coefficient (Wildman–Crippen LogP) is 3.80. The van der Waals surface area contributed by atoms with Gasteiger partial charge in [0.1, 0.15) is 10.6 Å². The number of amides is 3. The molecule has 3 amide bonds. The molecule has 7 nitrogen and oxygen atoms in total. The summed E-state index contributed by atoms with van der Waals surface area (Å²) in [5.41, 5.74) is 2.12. The van der Waals surface area contributed by atoms with Gasteiger partial charge in [-0.05, 0) is 50.2 Å². The van der Waals surface area contributed by atoms with Crippen molar-refractivity contribution >= 4 is 34.6 Å². The van der Waals surface area contributed by atoms with Gasteiger partial charge in [0, 0.05) is 24.5 Å².